The number of nitrogens with one attached hydrogen (secondary N) is 2. The van der Waals surface area contributed by atoms with Gasteiger partial charge >= 0.3 is 11.1 Å². The molecule has 0 bridgehead atoms. The number of aryl methyl sites for hydroxylation is 1. The number of piperidine rings is 1. The summed E-state index contributed by atoms with van der Waals surface area (Å²) in [7, 11) is 0. The molecule has 7 nitrogen and oxygen atoms in total. The zero-order valence-corrected chi connectivity index (χ0v) is 16.1. The Morgan fingerprint density at radius 3 is 2.85 bits per heavy atom. The summed E-state index contributed by atoms with van der Waals surface area (Å²) in [5.41, 5.74) is 0.353. The van der Waals surface area contributed by atoms with Crippen molar-refractivity contribution in [3.8, 4) is 0 Å². The third-order valence-corrected chi connectivity index (χ3v) is 5.40. The van der Waals surface area contributed by atoms with E-state index in [0.29, 0.717) is 35.7 Å². The maximum Gasteiger partial charge on any atom is 0.316 e. The second-order valence-corrected chi connectivity index (χ2v) is 7.23. The first-order chi connectivity index (χ1) is 13.0. The summed E-state index contributed by atoms with van der Waals surface area (Å²) >= 11 is 0. The van der Waals surface area contributed by atoms with E-state index in [4.69, 9.17) is 0 Å². The summed E-state index contributed by atoms with van der Waals surface area (Å²) in [6, 6.07) is 5.65. The van der Waals surface area contributed by atoms with Crippen molar-refractivity contribution in [2.45, 2.75) is 52.1 Å². The number of aromatic amines is 1. The second-order valence-electron chi connectivity index (χ2n) is 7.23. The zero-order chi connectivity index (χ0) is 19.4. The Morgan fingerprint density at radius 1 is 1.30 bits per heavy atom. The minimum absolute atomic E-state index is 0.168. The first-order valence-electron chi connectivity index (χ1n) is 9.80. The Morgan fingerprint density at radius 2 is 2.11 bits per heavy atom. The number of rotatable bonds is 6. The number of hydrogen-bond donors (Lipinski definition) is 2. The van der Waals surface area contributed by atoms with Gasteiger partial charge in [0.05, 0.1) is 11.0 Å². The van der Waals surface area contributed by atoms with E-state index in [9.17, 15) is 14.4 Å². The fraction of sp³-hybridized carbons (Fsp3) is 0.550. The van der Waals surface area contributed by atoms with Gasteiger partial charge in [0.25, 0.3) is 5.91 Å². The van der Waals surface area contributed by atoms with Crippen LogP contribution in [0.15, 0.2) is 27.8 Å². The van der Waals surface area contributed by atoms with Crippen molar-refractivity contribution >= 4 is 16.9 Å². The third-order valence-electron chi connectivity index (χ3n) is 5.40. The molecule has 1 atom stereocenters. The van der Waals surface area contributed by atoms with Crippen LogP contribution in [0.3, 0.4) is 0 Å². The van der Waals surface area contributed by atoms with Gasteiger partial charge in [-0.15, -0.1) is 0 Å². The molecule has 2 aromatic rings. The van der Waals surface area contributed by atoms with E-state index < -0.39 is 11.1 Å². The van der Waals surface area contributed by atoms with E-state index >= 15 is 0 Å². The lowest BCUT2D eigenvalue weighted by Gasteiger charge is -2.33. The lowest BCUT2D eigenvalue weighted by molar-refractivity contribution is 0.0949. The molecule has 0 saturated carbocycles. The van der Waals surface area contributed by atoms with Crippen LogP contribution in [-0.4, -0.2) is 46.0 Å². The highest BCUT2D eigenvalue weighted by molar-refractivity contribution is 5.97. The molecule has 0 aliphatic carbocycles. The summed E-state index contributed by atoms with van der Waals surface area (Å²) in [5, 5.41) is 2.95. The predicted molar refractivity (Wildman–Crippen MR) is 106 cm³/mol. The SMILES string of the molecule is CCn1c(=O)c(=O)[nH]c2cc(C(=O)NCCCN3CCCCC3C)ccc21. The molecule has 1 amide bonds. The molecule has 0 radical (unpaired) electrons. The van der Waals surface area contributed by atoms with Crippen molar-refractivity contribution in [2.24, 2.45) is 0 Å². The van der Waals surface area contributed by atoms with Gasteiger partial charge < -0.3 is 19.8 Å². The molecule has 2 N–H and O–H groups in total. The number of fused-ring (bicyclic) bond motifs is 1. The standard InChI is InChI=1S/C20H28N4O3/c1-3-24-17-9-8-15(13-16(17)22-19(26)20(24)27)18(25)21-10-6-12-23-11-5-4-7-14(23)2/h8-9,13-14H,3-7,10-12H2,1-2H3,(H,21,25)(H,22,26). The highest BCUT2D eigenvalue weighted by Crippen LogP contribution is 2.16. The van der Waals surface area contributed by atoms with Crippen molar-refractivity contribution in [3.05, 3.63) is 44.5 Å². The van der Waals surface area contributed by atoms with E-state index in [0.717, 1.165) is 19.5 Å². The second kappa shape index (κ2) is 8.52. The molecule has 27 heavy (non-hydrogen) atoms. The average Bonchev–Trinajstić information content (AvgIpc) is 2.67. The smallest absolute Gasteiger partial charge is 0.316 e. The van der Waals surface area contributed by atoms with Gasteiger partial charge in [-0.25, -0.2) is 0 Å². The van der Waals surface area contributed by atoms with Gasteiger partial charge in [-0.3, -0.25) is 14.4 Å². The van der Waals surface area contributed by atoms with E-state index in [-0.39, 0.29) is 5.91 Å². The lowest BCUT2D eigenvalue weighted by Crippen LogP contribution is -2.39. The quantitative estimate of drug-likeness (QED) is 0.597. The van der Waals surface area contributed by atoms with E-state index in [1.165, 1.54) is 23.8 Å². The topological polar surface area (TPSA) is 87.2 Å². The summed E-state index contributed by atoms with van der Waals surface area (Å²) in [6.07, 6.45) is 4.74. The highest BCUT2D eigenvalue weighted by atomic mass is 16.2. The van der Waals surface area contributed by atoms with Crippen molar-refractivity contribution < 1.29 is 4.79 Å². The lowest BCUT2D eigenvalue weighted by atomic mass is 10.0. The predicted octanol–water partition coefficient (Wildman–Crippen LogP) is 1.70. The van der Waals surface area contributed by atoms with Crippen LogP contribution >= 0.6 is 0 Å². The molecule has 7 heteroatoms. The number of aromatic nitrogens is 2. The van der Waals surface area contributed by atoms with Crippen molar-refractivity contribution in [2.75, 3.05) is 19.6 Å². The van der Waals surface area contributed by atoms with Crippen LogP contribution in [0, 0.1) is 0 Å². The number of nitrogens with zero attached hydrogens (tertiary/aromatic N) is 2. The van der Waals surface area contributed by atoms with Crippen molar-refractivity contribution in [1.82, 2.24) is 19.8 Å². The van der Waals surface area contributed by atoms with Crippen LogP contribution in [-0.2, 0) is 6.54 Å². The molecule has 0 spiro atoms. The summed E-state index contributed by atoms with van der Waals surface area (Å²) in [6.45, 7) is 7.24. The summed E-state index contributed by atoms with van der Waals surface area (Å²) < 4.78 is 1.41. The third kappa shape index (κ3) is 4.30. The number of carbonyl (C=O) groups excluding carboxylic acids is 1. The Labute approximate surface area is 158 Å². The summed E-state index contributed by atoms with van der Waals surface area (Å²) in [5.74, 6) is -0.168. The number of H-pyrrole nitrogens is 1. The van der Waals surface area contributed by atoms with Crippen molar-refractivity contribution in [3.63, 3.8) is 0 Å². The monoisotopic (exact) mass is 372 g/mol. The van der Waals surface area contributed by atoms with E-state index in [1.54, 1.807) is 18.2 Å². The van der Waals surface area contributed by atoms with Crippen LogP contribution < -0.4 is 16.4 Å². The summed E-state index contributed by atoms with van der Waals surface area (Å²) in [4.78, 5) is 41.2. The molecule has 1 aromatic carbocycles. The fourth-order valence-corrected chi connectivity index (χ4v) is 3.81. The molecule has 1 unspecified atom stereocenters. The first-order valence-corrected chi connectivity index (χ1v) is 9.80. The Balaban J connectivity index is 1.63. The van der Waals surface area contributed by atoms with Crippen LogP contribution in [0.4, 0.5) is 0 Å². The van der Waals surface area contributed by atoms with Gasteiger partial charge in [0.2, 0.25) is 0 Å². The minimum Gasteiger partial charge on any atom is -0.352 e. The zero-order valence-electron chi connectivity index (χ0n) is 16.1. The molecule has 1 fully saturated rings. The van der Waals surface area contributed by atoms with Crippen LogP contribution in [0.5, 0.6) is 0 Å². The molecule has 3 rings (SSSR count). The van der Waals surface area contributed by atoms with Gasteiger partial charge in [0.1, 0.15) is 0 Å². The normalized spacial score (nSPS) is 17.9. The molecule has 146 valence electrons. The van der Waals surface area contributed by atoms with Gasteiger partial charge in [-0.1, -0.05) is 6.42 Å². The number of amides is 1. The van der Waals surface area contributed by atoms with Crippen LogP contribution in [0.1, 0.15) is 49.9 Å². The highest BCUT2D eigenvalue weighted by Gasteiger charge is 2.17. The van der Waals surface area contributed by atoms with Gasteiger partial charge in [0.15, 0.2) is 0 Å². The fourth-order valence-electron chi connectivity index (χ4n) is 3.81. The van der Waals surface area contributed by atoms with E-state index in [1.807, 2.05) is 6.92 Å². The van der Waals surface area contributed by atoms with E-state index in [2.05, 4.69) is 22.1 Å². The van der Waals surface area contributed by atoms with Gasteiger partial charge in [-0.05, 0) is 57.9 Å². The maximum atomic E-state index is 12.4. The molecule has 1 aromatic heterocycles. The molecule has 1 aliphatic rings. The molecular weight excluding hydrogens is 344 g/mol. The average molecular weight is 372 g/mol. The number of benzene rings is 1. The largest absolute Gasteiger partial charge is 0.352 e. The Bertz CT molecular complexity index is 931. The van der Waals surface area contributed by atoms with Crippen LogP contribution in [0.2, 0.25) is 0 Å². The van der Waals surface area contributed by atoms with Crippen molar-refractivity contribution in [1.29, 1.82) is 0 Å². The number of hydrogen-bond acceptors (Lipinski definition) is 4. The Hall–Kier alpha value is -2.41. The molecule has 1 aliphatic heterocycles. The minimum atomic E-state index is -0.669. The number of carbonyl (C=O) groups is 1. The molecule has 1 saturated heterocycles. The molecular formula is C20H28N4O3. The number of likely N-dealkylation sites (tertiary alicyclic amines) is 1. The molecule has 2 heterocycles. The Kier molecular flexibility index (Phi) is 6.11. The van der Waals surface area contributed by atoms with Gasteiger partial charge in [-0.2, -0.15) is 0 Å². The maximum absolute atomic E-state index is 12.4. The van der Waals surface area contributed by atoms with Crippen LogP contribution in [0.25, 0.3) is 11.0 Å². The van der Waals surface area contributed by atoms with Gasteiger partial charge in [0, 0.05) is 31.2 Å². The first kappa shape index (κ1) is 19.4.